The molecular formula is C16H14F3N3O2. The van der Waals surface area contributed by atoms with E-state index in [1.165, 1.54) is 13.1 Å². The maximum absolute atomic E-state index is 12.6. The van der Waals surface area contributed by atoms with Crippen molar-refractivity contribution in [1.29, 1.82) is 0 Å². The average molecular weight is 337 g/mol. The Bertz CT molecular complexity index is 914. The molecule has 3 aromatic rings. The Morgan fingerprint density at radius 3 is 2.62 bits per heavy atom. The molecule has 5 nitrogen and oxygen atoms in total. The molecule has 2 aromatic heterocycles. The number of nitrogens with one attached hydrogen (secondary N) is 1. The molecule has 2 heterocycles. The minimum Gasteiger partial charge on any atom is -0.489 e. The molecule has 0 unspecified atom stereocenters. The number of rotatable bonds is 4. The number of aromatic nitrogens is 3. The van der Waals surface area contributed by atoms with Crippen molar-refractivity contribution in [2.24, 2.45) is 0 Å². The van der Waals surface area contributed by atoms with Crippen molar-refractivity contribution in [3.8, 4) is 5.75 Å². The first-order valence-electron chi connectivity index (χ1n) is 7.18. The van der Waals surface area contributed by atoms with E-state index in [2.05, 4.69) is 10.1 Å². The smallest absolute Gasteiger partial charge is 0.393 e. The number of aromatic amines is 1. The molecule has 0 atom stereocenters. The van der Waals surface area contributed by atoms with Crippen LogP contribution in [0.2, 0.25) is 0 Å². The summed E-state index contributed by atoms with van der Waals surface area (Å²) in [6.07, 6.45) is -4.27. The number of ether oxygens (including phenoxy) is 1. The number of hydrogen-bond donors (Lipinski definition) is 1. The number of fused-ring (bicyclic) bond motifs is 1. The number of aryl methyl sites for hydroxylation is 1. The third-order valence-electron chi connectivity index (χ3n) is 3.55. The minimum atomic E-state index is -4.47. The molecule has 3 rings (SSSR count). The first-order valence-corrected chi connectivity index (χ1v) is 7.18. The summed E-state index contributed by atoms with van der Waals surface area (Å²) >= 11 is 0. The van der Waals surface area contributed by atoms with Crippen LogP contribution in [-0.2, 0) is 13.0 Å². The van der Waals surface area contributed by atoms with Crippen molar-refractivity contribution in [1.82, 2.24) is 14.6 Å². The van der Waals surface area contributed by atoms with E-state index in [0.29, 0.717) is 11.3 Å². The largest absolute Gasteiger partial charge is 0.489 e. The highest BCUT2D eigenvalue weighted by Gasteiger charge is 2.31. The fourth-order valence-electron chi connectivity index (χ4n) is 2.39. The van der Waals surface area contributed by atoms with Crippen LogP contribution in [0, 0.1) is 6.92 Å². The van der Waals surface area contributed by atoms with Crippen LogP contribution in [0.4, 0.5) is 13.2 Å². The van der Waals surface area contributed by atoms with Crippen LogP contribution in [0.5, 0.6) is 5.75 Å². The van der Waals surface area contributed by atoms with Crippen LogP contribution < -0.4 is 10.3 Å². The first-order chi connectivity index (χ1) is 11.3. The van der Waals surface area contributed by atoms with Gasteiger partial charge in [0.25, 0.3) is 5.56 Å². The summed E-state index contributed by atoms with van der Waals surface area (Å²) in [4.78, 5) is 16.4. The zero-order valence-corrected chi connectivity index (χ0v) is 12.7. The lowest BCUT2D eigenvalue weighted by atomic mass is 10.1. The number of halogens is 3. The molecule has 0 spiro atoms. The van der Waals surface area contributed by atoms with Gasteiger partial charge in [-0.15, -0.1) is 0 Å². The predicted octanol–water partition coefficient (Wildman–Crippen LogP) is 3.01. The minimum absolute atomic E-state index is 0.0675. The topological polar surface area (TPSA) is 59.4 Å². The lowest BCUT2D eigenvalue weighted by Gasteiger charge is -2.09. The highest BCUT2D eigenvalue weighted by atomic mass is 19.4. The number of benzene rings is 1. The first kappa shape index (κ1) is 16.1. The normalized spacial score (nSPS) is 11.8. The van der Waals surface area contributed by atoms with Gasteiger partial charge < -0.3 is 4.74 Å². The maximum atomic E-state index is 12.6. The summed E-state index contributed by atoms with van der Waals surface area (Å²) < 4.78 is 44.4. The Morgan fingerprint density at radius 1 is 1.25 bits per heavy atom. The summed E-state index contributed by atoms with van der Waals surface area (Å²) in [5.74, 6) is 0.643. The monoisotopic (exact) mass is 337 g/mol. The molecule has 1 N–H and O–H groups in total. The molecule has 0 fully saturated rings. The van der Waals surface area contributed by atoms with E-state index in [1.54, 1.807) is 12.1 Å². The molecule has 0 aliphatic heterocycles. The molecule has 0 radical (unpaired) electrons. The molecular weight excluding hydrogens is 323 g/mol. The number of alkyl halides is 3. The Labute approximate surface area is 134 Å². The quantitative estimate of drug-likeness (QED) is 0.796. The molecule has 0 saturated carbocycles. The van der Waals surface area contributed by atoms with E-state index in [-0.39, 0.29) is 23.5 Å². The van der Waals surface area contributed by atoms with Crippen molar-refractivity contribution in [3.63, 3.8) is 0 Å². The molecule has 24 heavy (non-hydrogen) atoms. The number of para-hydroxylation sites is 1. The second kappa shape index (κ2) is 6.03. The van der Waals surface area contributed by atoms with Crippen molar-refractivity contribution in [3.05, 3.63) is 63.7 Å². The Balaban J connectivity index is 1.94. The van der Waals surface area contributed by atoms with E-state index in [0.717, 1.165) is 4.52 Å². The predicted molar refractivity (Wildman–Crippen MR) is 81.1 cm³/mol. The second-order valence-corrected chi connectivity index (χ2v) is 5.33. The van der Waals surface area contributed by atoms with E-state index in [4.69, 9.17) is 4.74 Å². The molecule has 0 aliphatic rings. The van der Waals surface area contributed by atoms with Gasteiger partial charge in [0, 0.05) is 17.5 Å². The molecule has 8 heteroatoms. The van der Waals surface area contributed by atoms with Gasteiger partial charge in [-0.25, -0.2) is 9.50 Å². The molecule has 0 bridgehead atoms. The van der Waals surface area contributed by atoms with Crippen molar-refractivity contribution in [2.45, 2.75) is 26.1 Å². The van der Waals surface area contributed by atoms with Gasteiger partial charge in [-0.1, -0.05) is 18.2 Å². The highest BCUT2D eigenvalue weighted by Crippen LogP contribution is 2.21. The Morgan fingerprint density at radius 2 is 1.96 bits per heavy atom. The summed E-state index contributed by atoms with van der Waals surface area (Å²) in [5, 5.41) is 2.64. The van der Waals surface area contributed by atoms with Crippen LogP contribution >= 0.6 is 0 Å². The third kappa shape index (κ3) is 3.27. The summed E-state index contributed by atoms with van der Waals surface area (Å²) in [6.45, 7) is 1.54. The third-order valence-corrected chi connectivity index (χ3v) is 3.55. The molecule has 0 amide bonds. The molecule has 0 saturated heterocycles. The van der Waals surface area contributed by atoms with Gasteiger partial charge in [0.05, 0.1) is 12.0 Å². The Kier molecular flexibility index (Phi) is 4.04. The van der Waals surface area contributed by atoms with Crippen LogP contribution in [0.1, 0.15) is 16.8 Å². The van der Waals surface area contributed by atoms with E-state index in [1.807, 2.05) is 18.2 Å². The van der Waals surface area contributed by atoms with Gasteiger partial charge in [0.1, 0.15) is 12.4 Å². The van der Waals surface area contributed by atoms with Crippen molar-refractivity contribution in [2.75, 3.05) is 0 Å². The van der Waals surface area contributed by atoms with Gasteiger partial charge >= 0.3 is 6.18 Å². The van der Waals surface area contributed by atoms with Crippen LogP contribution in [-0.4, -0.2) is 20.8 Å². The zero-order valence-electron chi connectivity index (χ0n) is 12.7. The molecule has 126 valence electrons. The van der Waals surface area contributed by atoms with Gasteiger partial charge in [-0.3, -0.25) is 9.89 Å². The maximum Gasteiger partial charge on any atom is 0.393 e. The average Bonchev–Trinajstić information content (AvgIpc) is 2.92. The van der Waals surface area contributed by atoms with Crippen LogP contribution in [0.3, 0.4) is 0 Å². The van der Waals surface area contributed by atoms with Gasteiger partial charge in [-0.2, -0.15) is 13.2 Å². The fourth-order valence-corrected chi connectivity index (χ4v) is 2.39. The Hall–Kier alpha value is -2.77. The van der Waals surface area contributed by atoms with E-state index in [9.17, 15) is 18.0 Å². The fraction of sp³-hybridized carbons (Fsp3) is 0.250. The van der Waals surface area contributed by atoms with Crippen LogP contribution in [0.25, 0.3) is 5.65 Å². The molecule has 1 aromatic carbocycles. The van der Waals surface area contributed by atoms with Gasteiger partial charge in [0.2, 0.25) is 0 Å². The summed E-state index contributed by atoms with van der Waals surface area (Å²) in [7, 11) is 0. The lowest BCUT2D eigenvalue weighted by Crippen LogP contribution is -2.26. The van der Waals surface area contributed by atoms with Gasteiger partial charge in [0.15, 0.2) is 5.65 Å². The number of hydrogen-bond acceptors (Lipinski definition) is 3. The lowest BCUT2D eigenvalue weighted by molar-refractivity contribution is -0.127. The molecule has 0 aliphatic carbocycles. The van der Waals surface area contributed by atoms with E-state index >= 15 is 0 Å². The zero-order chi connectivity index (χ0) is 17.3. The van der Waals surface area contributed by atoms with Crippen molar-refractivity contribution >= 4 is 5.65 Å². The summed E-state index contributed by atoms with van der Waals surface area (Å²) in [6, 6.07) is 9.05. The van der Waals surface area contributed by atoms with Gasteiger partial charge in [-0.05, 0) is 19.1 Å². The van der Waals surface area contributed by atoms with E-state index < -0.39 is 18.2 Å². The van der Waals surface area contributed by atoms with Crippen molar-refractivity contribution < 1.29 is 17.9 Å². The van der Waals surface area contributed by atoms with Crippen LogP contribution in [0.15, 0.2) is 41.3 Å². The highest BCUT2D eigenvalue weighted by molar-refractivity contribution is 5.47. The SMILES string of the molecule is Cc1nc2c(COc3ccccc3)c[nH]n2c(=O)c1CC(F)(F)F. The second-order valence-electron chi connectivity index (χ2n) is 5.33. The number of nitrogens with zero attached hydrogens (tertiary/aromatic N) is 2. The standard InChI is InChI=1S/C16H14F3N3O2/c1-10-13(7-16(17,18)19)15(23)22-14(21-10)11(8-20-22)9-24-12-5-3-2-4-6-12/h2-6,8,20H,7,9H2,1H3. The number of H-pyrrole nitrogens is 1. The summed E-state index contributed by atoms with van der Waals surface area (Å²) in [5.41, 5.74) is -0.201.